The molecule has 3 rings (SSSR count). The minimum atomic E-state index is -0.313. The van der Waals surface area contributed by atoms with Gasteiger partial charge < -0.3 is 0 Å². The van der Waals surface area contributed by atoms with Crippen LogP contribution in [0.25, 0.3) is 11.4 Å². The average molecular weight is 256 g/mol. The van der Waals surface area contributed by atoms with Gasteiger partial charge in [-0.15, -0.1) is 0 Å². The van der Waals surface area contributed by atoms with Crippen molar-refractivity contribution in [1.29, 1.82) is 0 Å². The van der Waals surface area contributed by atoms with Gasteiger partial charge >= 0.3 is 0 Å². The van der Waals surface area contributed by atoms with Crippen LogP contribution in [0.2, 0.25) is 0 Å². The van der Waals surface area contributed by atoms with E-state index >= 15 is 0 Å². The van der Waals surface area contributed by atoms with E-state index < -0.39 is 0 Å². The standard InChI is InChI=1S/C15H13FN2O/c16-11-5-3-4-10(8-11)15-17-9-12-13(18-15)6-1-2-7-14(12)19/h3-5,8-9H,1-2,6-7H2. The van der Waals surface area contributed by atoms with Gasteiger partial charge in [-0.3, -0.25) is 4.79 Å². The maximum absolute atomic E-state index is 13.2. The summed E-state index contributed by atoms with van der Waals surface area (Å²) in [7, 11) is 0. The van der Waals surface area contributed by atoms with E-state index in [0.29, 0.717) is 23.4 Å². The Morgan fingerprint density at radius 2 is 2.00 bits per heavy atom. The Bertz CT molecular complexity index is 640. The minimum absolute atomic E-state index is 0.110. The first-order chi connectivity index (χ1) is 9.24. The van der Waals surface area contributed by atoms with E-state index in [0.717, 1.165) is 25.0 Å². The Labute approximate surface area is 110 Å². The van der Waals surface area contributed by atoms with Crippen LogP contribution >= 0.6 is 0 Å². The maximum atomic E-state index is 13.2. The van der Waals surface area contributed by atoms with E-state index in [4.69, 9.17) is 0 Å². The molecule has 1 aromatic heterocycles. The third kappa shape index (κ3) is 2.38. The summed E-state index contributed by atoms with van der Waals surface area (Å²) in [5, 5.41) is 0. The fraction of sp³-hybridized carbons (Fsp3) is 0.267. The first-order valence-corrected chi connectivity index (χ1v) is 6.39. The lowest BCUT2D eigenvalue weighted by Crippen LogP contribution is -2.05. The Balaban J connectivity index is 2.06. The molecule has 1 heterocycles. The molecule has 4 heteroatoms. The second-order valence-corrected chi connectivity index (χ2v) is 4.69. The number of benzene rings is 1. The molecule has 0 saturated heterocycles. The van der Waals surface area contributed by atoms with E-state index in [9.17, 15) is 9.18 Å². The molecule has 3 nitrogen and oxygen atoms in total. The fourth-order valence-electron chi connectivity index (χ4n) is 2.32. The highest BCUT2D eigenvalue weighted by atomic mass is 19.1. The molecule has 0 amide bonds. The van der Waals surface area contributed by atoms with E-state index in [1.54, 1.807) is 18.3 Å². The molecule has 0 saturated carbocycles. The average Bonchev–Trinajstić information content (AvgIpc) is 2.60. The summed E-state index contributed by atoms with van der Waals surface area (Å²) in [5.74, 6) is 0.276. The van der Waals surface area contributed by atoms with Crippen molar-refractivity contribution >= 4 is 5.78 Å². The van der Waals surface area contributed by atoms with Crippen LogP contribution in [-0.4, -0.2) is 15.8 Å². The highest BCUT2D eigenvalue weighted by molar-refractivity contribution is 5.97. The van der Waals surface area contributed by atoms with E-state index in [1.165, 1.54) is 12.1 Å². The molecule has 1 aromatic carbocycles. The zero-order chi connectivity index (χ0) is 13.2. The molecule has 2 aromatic rings. The third-order valence-corrected chi connectivity index (χ3v) is 3.32. The number of rotatable bonds is 1. The summed E-state index contributed by atoms with van der Waals surface area (Å²) in [5.41, 5.74) is 2.05. The van der Waals surface area contributed by atoms with Crippen LogP contribution in [0.15, 0.2) is 30.5 Å². The molecule has 1 aliphatic carbocycles. The number of hydrogen-bond donors (Lipinski definition) is 0. The molecular weight excluding hydrogens is 243 g/mol. The van der Waals surface area contributed by atoms with Crippen molar-refractivity contribution in [2.75, 3.05) is 0 Å². The van der Waals surface area contributed by atoms with Crippen molar-refractivity contribution in [3.8, 4) is 11.4 Å². The van der Waals surface area contributed by atoms with Gasteiger partial charge in [0.25, 0.3) is 0 Å². The summed E-state index contributed by atoms with van der Waals surface area (Å²) in [6.45, 7) is 0. The second kappa shape index (κ2) is 4.88. The Hall–Kier alpha value is -2.10. The predicted octanol–water partition coefficient (Wildman–Crippen LogP) is 3.19. The Morgan fingerprint density at radius 3 is 2.84 bits per heavy atom. The predicted molar refractivity (Wildman–Crippen MR) is 69.3 cm³/mol. The number of halogens is 1. The van der Waals surface area contributed by atoms with Gasteiger partial charge in [0.05, 0.1) is 11.3 Å². The lowest BCUT2D eigenvalue weighted by molar-refractivity contribution is 0.0981. The summed E-state index contributed by atoms with van der Waals surface area (Å²) in [4.78, 5) is 20.5. The number of ketones is 1. The van der Waals surface area contributed by atoms with Gasteiger partial charge in [-0.25, -0.2) is 14.4 Å². The number of aromatic nitrogens is 2. The number of hydrogen-bond acceptors (Lipinski definition) is 3. The number of Topliss-reactive ketones (excluding diaryl/α,β-unsaturated/α-hetero) is 1. The maximum Gasteiger partial charge on any atom is 0.166 e. The molecule has 0 N–H and O–H groups in total. The number of carbonyl (C=O) groups excluding carboxylic acids is 1. The summed E-state index contributed by atoms with van der Waals surface area (Å²) in [6.07, 6.45) is 4.78. The first kappa shape index (κ1) is 12.0. The summed E-state index contributed by atoms with van der Waals surface area (Å²) >= 11 is 0. The van der Waals surface area contributed by atoms with Crippen molar-refractivity contribution in [3.05, 3.63) is 47.5 Å². The highest BCUT2D eigenvalue weighted by Crippen LogP contribution is 2.22. The fourth-order valence-corrected chi connectivity index (χ4v) is 2.32. The van der Waals surface area contributed by atoms with Crippen LogP contribution in [0, 0.1) is 5.82 Å². The van der Waals surface area contributed by atoms with Gasteiger partial charge in [-0.05, 0) is 31.4 Å². The summed E-state index contributed by atoms with van der Waals surface area (Å²) in [6, 6.07) is 6.19. The quantitative estimate of drug-likeness (QED) is 0.736. The SMILES string of the molecule is O=C1CCCCc2nc(-c3cccc(F)c3)ncc21. The zero-order valence-corrected chi connectivity index (χ0v) is 10.4. The van der Waals surface area contributed by atoms with Crippen LogP contribution in [0.3, 0.4) is 0 Å². The third-order valence-electron chi connectivity index (χ3n) is 3.32. The minimum Gasteiger partial charge on any atom is -0.294 e. The molecular formula is C15H13FN2O. The number of nitrogens with zero attached hydrogens (tertiary/aromatic N) is 2. The number of aryl methyl sites for hydroxylation is 1. The van der Waals surface area contributed by atoms with Gasteiger partial charge in [-0.1, -0.05) is 12.1 Å². The molecule has 0 fully saturated rings. The molecule has 0 atom stereocenters. The van der Waals surface area contributed by atoms with Crippen LogP contribution < -0.4 is 0 Å². The molecule has 1 aliphatic rings. The second-order valence-electron chi connectivity index (χ2n) is 4.69. The Kier molecular flexibility index (Phi) is 3.07. The van der Waals surface area contributed by atoms with E-state index in [1.807, 2.05) is 0 Å². The van der Waals surface area contributed by atoms with Crippen molar-refractivity contribution in [3.63, 3.8) is 0 Å². The number of carbonyl (C=O) groups is 1. The normalized spacial score (nSPS) is 14.9. The molecule has 96 valence electrons. The number of fused-ring (bicyclic) bond motifs is 1. The lowest BCUT2D eigenvalue weighted by Gasteiger charge is -2.06. The largest absolute Gasteiger partial charge is 0.294 e. The van der Waals surface area contributed by atoms with Crippen molar-refractivity contribution in [2.45, 2.75) is 25.7 Å². The smallest absolute Gasteiger partial charge is 0.166 e. The van der Waals surface area contributed by atoms with Gasteiger partial charge in [0.1, 0.15) is 5.82 Å². The summed E-state index contributed by atoms with van der Waals surface area (Å²) < 4.78 is 13.2. The van der Waals surface area contributed by atoms with E-state index in [2.05, 4.69) is 9.97 Å². The lowest BCUT2D eigenvalue weighted by atomic mass is 10.1. The monoisotopic (exact) mass is 256 g/mol. The molecule has 19 heavy (non-hydrogen) atoms. The molecule has 0 unspecified atom stereocenters. The molecule has 0 radical (unpaired) electrons. The van der Waals surface area contributed by atoms with Gasteiger partial charge in [0.2, 0.25) is 0 Å². The van der Waals surface area contributed by atoms with Gasteiger partial charge in [-0.2, -0.15) is 0 Å². The van der Waals surface area contributed by atoms with Gasteiger partial charge in [0, 0.05) is 18.2 Å². The van der Waals surface area contributed by atoms with Crippen LogP contribution in [-0.2, 0) is 6.42 Å². The van der Waals surface area contributed by atoms with Crippen LogP contribution in [0.5, 0.6) is 0 Å². The van der Waals surface area contributed by atoms with Crippen LogP contribution in [0.1, 0.15) is 35.3 Å². The van der Waals surface area contributed by atoms with Crippen LogP contribution in [0.4, 0.5) is 4.39 Å². The first-order valence-electron chi connectivity index (χ1n) is 6.39. The van der Waals surface area contributed by atoms with Crippen molar-refractivity contribution in [2.24, 2.45) is 0 Å². The molecule has 0 spiro atoms. The molecule has 0 bridgehead atoms. The molecule has 0 aliphatic heterocycles. The highest BCUT2D eigenvalue weighted by Gasteiger charge is 2.18. The van der Waals surface area contributed by atoms with Crippen molar-refractivity contribution < 1.29 is 9.18 Å². The van der Waals surface area contributed by atoms with E-state index in [-0.39, 0.29) is 11.6 Å². The topological polar surface area (TPSA) is 42.9 Å². The Morgan fingerprint density at radius 1 is 1.16 bits per heavy atom. The van der Waals surface area contributed by atoms with Crippen molar-refractivity contribution in [1.82, 2.24) is 9.97 Å². The zero-order valence-electron chi connectivity index (χ0n) is 10.4. The van der Waals surface area contributed by atoms with Gasteiger partial charge in [0.15, 0.2) is 11.6 Å².